The number of likely N-dealkylation sites (N-methyl/N-ethyl adjacent to an activating group) is 1. The van der Waals surface area contributed by atoms with Crippen LogP contribution in [0.4, 0.5) is 30.2 Å². The highest BCUT2D eigenvalue weighted by Gasteiger charge is 2.48. The van der Waals surface area contributed by atoms with Crippen molar-refractivity contribution in [3.8, 4) is 0 Å². The monoisotopic (exact) mass is 1230 g/mol. The van der Waals surface area contributed by atoms with Gasteiger partial charge in [-0.1, -0.05) is 36.4 Å². The fraction of sp³-hybridized carbons (Fsp3) is 0.500. The van der Waals surface area contributed by atoms with Crippen molar-refractivity contribution in [2.75, 3.05) is 94.8 Å². The highest BCUT2D eigenvalue weighted by atomic mass is 35.5. The smallest absolute Gasteiger partial charge is 0.252 e. The third kappa shape index (κ3) is 15.6. The van der Waals surface area contributed by atoms with E-state index in [1.165, 1.54) is 17.0 Å². The van der Waals surface area contributed by atoms with Crippen LogP contribution in [0.2, 0.25) is 0 Å². The number of morpholine rings is 1. The Balaban J connectivity index is 0.00000377. The quantitative estimate of drug-likeness (QED) is 0.0597. The van der Waals surface area contributed by atoms with Crippen molar-refractivity contribution in [3.05, 3.63) is 124 Å². The van der Waals surface area contributed by atoms with E-state index in [2.05, 4.69) is 55.5 Å². The molecular formula is C60H78Cl3F3N10O8. The lowest BCUT2D eigenvalue weighted by molar-refractivity contribution is -0.144. The summed E-state index contributed by atoms with van der Waals surface area (Å²) in [5.41, 5.74) is 2.44. The van der Waals surface area contributed by atoms with E-state index in [1.807, 2.05) is 25.1 Å². The molecule has 3 saturated heterocycles. The number of piperazine rings is 1. The Morgan fingerprint density at radius 2 is 1.56 bits per heavy atom. The minimum atomic E-state index is -1.42. The third-order valence-electron chi connectivity index (χ3n) is 16.7. The number of benzene rings is 4. The first-order valence-corrected chi connectivity index (χ1v) is 28.2. The van der Waals surface area contributed by atoms with Crippen LogP contribution >= 0.6 is 37.2 Å². The van der Waals surface area contributed by atoms with E-state index in [-0.39, 0.29) is 118 Å². The van der Waals surface area contributed by atoms with Gasteiger partial charge in [-0.05, 0) is 137 Å². The molecule has 0 aromatic heterocycles. The van der Waals surface area contributed by atoms with Gasteiger partial charge < -0.3 is 51.2 Å². The fourth-order valence-corrected chi connectivity index (χ4v) is 11.8. The molecule has 458 valence electrons. The predicted molar refractivity (Wildman–Crippen MR) is 321 cm³/mol. The van der Waals surface area contributed by atoms with Gasteiger partial charge in [-0.3, -0.25) is 38.6 Å². The number of nitrogens with zero attached hydrogens (tertiary/aromatic N) is 4. The highest BCUT2D eigenvalue weighted by Crippen LogP contribution is 2.43. The molecule has 0 bridgehead atoms. The van der Waals surface area contributed by atoms with E-state index in [1.54, 1.807) is 49.2 Å². The minimum absolute atomic E-state index is 0. The lowest BCUT2D eigenvalue weighted by atomic mass is 9.83. The van der Waals surface area contributed by atoms with Crippen LogP contribution in [0.1, 0.15) is 87.2 Å². The molecule has 5 aliphatic rings. The lowest BCUT2D eigenvalue weighted by Crippen LogP contribution is -2.62. The molecule has 4 aromatic rings. The van der Waals surface area contributed by atoms with Crippen LogP contribution in [0.15, 0.2) is 78.9 Å². The Labute approximate surface area is 507 Å². The molecule has 0 radical (unpaired) electrons. The van der Waals surface area contributed by atoms with Gasteiger partial charge in [0.05, 0.1) is 31.2 Å². The number of amides is 6. The number of anilines is 3. The maximum absolute atomic E-state index is 15.0. The van der Waals surface area contributed by atoms with Crippen molar-refractivity contribution in [2.45, 2.75) is 108 Å². The van der Waals surface area contributed by atoms with Crippen LogP contribution in [-0.4, -0.2) is 160 Å². The second kappa shape index (κ2) is 30.0. The van der Waals surface area contributed by atoms with Crippen molar-refractivity contribution in [1.82, 2.24) is 36.0 Å². The Bertz CT molecular complexity index is 2960. The van der Waals surface area contributed by atoms with Gasteiger partial charge in [0, 0.05) is 94.9 Å². The summed E-state index contributed by atoms with van der Waals surface area (Å²) in [4.78, 5) is 92.9. The average Bonchev–Trinajstić information content (AvgIpc) is 2.57. The number of halogens is 6. The van der Waals surface area contributed by atoms with Gasteiger partial charge in [0.15, 0.2) is 0 Å². The predicted octanol–water partition coefficient (Wildman–Crippen LogP) is 6.02. The molecule has 5 aliphatic heterocycles. The zero-order valence-corrected chi connectivity index (χ0v) is 50.4. The molecule has 5 heterocycles. The molecule has 0 unspecified atom stereocenters. The number of hydrogen-bond acceptors (Lipinski definition) is 12. The average molecular weight is 1230 g/mol. The standard InChI is InChI=1S/C60H75F3N10O8.3ClH/c1-36-30-71(45(29-66-36)32-70-22-25-81-34-37(70)2)33-52(75)73-35-60(4,47-18-13-40(27-50(47)73)26-39-11-15-43(61)16-12-39)59(79)65-21-7-10-51(74)67-44-17-14-42-31-72(55(46(42)28-44)57(77)69-54-48(62)8-6-9-49(54)63)58(78)53(41-19-23-80-24-20-41)68-56(76)38(3)64-5;;;/h6,8-9,11-18,27-28,36-38,41,45,53,55,64,66H,7,10,19-26,29-35H2,1-5H3,(H,65,79)(H,67,74)(H,68,76)(H,69,77);3*1H/t36-,37-,38+,45-,53+,55+,60-;;;/m1.../s1. The number of para-hydroxylation sites is 1. The second-order valence-electron chi connectivity index (χ2n) is 22.5. The maximum Gasteiger partial charge on any atom is 0.252 e. The summed E-state index contributed by atoms with van der Waals surface area (Å²) in [6.45, 7) is 13.1. The summed E-state index contributed by atoms with van der Waals surface area (Å²) in [5.74, 6) is -5.44. The third-order valence-corrected chi connectivity index (χ3v) is 16.7. The van der Waals surface area contributed by atoms with Crippen LogP contribution < -0.4 is 36.8 Å². The number of carbonyl (C=O) groups is 6. The Morgan fingerprint density at radius 1 is 0.845 bits per heavy atom. The van der Waals surface area contributed by atoms with Gasteiger partial charge in [0.25, 0.3) is 5.91 Å². The zero-order chi connectivity index (χ0) is 57.5. The van der Waals surface area contributed by atoms with Gasteiger partial charge >= 0.3 is 0 Å². The first-order chi connectivity index (χ1) is 38.9. The Morgan fingerprint density at radius 3 is 2.26 bits per heavy atom. The van der Waals surface area contributed by atoms with E-state index in [0.717, 1.165) is 49.0 Å². The van der Waals surface area contributed by atoms with Gasteiger partial charge in [-0.2, -0.15) is 0 Å². The first-order valence-electron chi connectivity index (χ1n) is 28.2. The first kappa shape index (κ1) is 67.2. The van der Waals surface area contributed by atoms with Crippen molar-refractivity contribution >= 4 is 89.7 Å². The molecule has 0 saturated carbocycles. The summed E-state index contributed by atoms with van der Waals surface area (Å²) >= 11 is 0. The molecule has 4 aromatic carbocycles. The lowest BCUT2D eigenvalue weighted by Gasteiger charge is -2.43. The number of hydrogen-bond donors (Lipinski definition) is 6. The van der Waals surface area contributed by atoms with Crippen LogP contribution in [-0.2, 0) is 56.6 Å². The summed E-state index contributed by atoms with van der Waals surface area (Å²) in [5, 5.41) is 17.6. The van der Waals surface area contributed by atoms with Crippen molar-refractivity contribution in [1.29, 1.82) is 0 Å². The van der Waals surface area contributed by atoms with Crippen LogP contribution in [0.3, 0.4) is 0 Å². The molecular weight excluding hydrogens is 1150 g/mol. The number of ether oxygens (including phenoxy) is 2. The van der Waals surface area contributed by atoms with E-state index >= 15 is 0 Å². The van der Waals surface area contributed by atoms with Crippen LogP contribution in [0.5, 0.6) is 0 Å². The minimum Gasteiger partial charge on any atom is -0.381 e. The molecule has 0 spiro atoms. The summed E-state index contributed by atoms with van der Waals surface area (Å²) in [6, 6.07) is 17.5. The van der Waals surface area contributed by atoms with E-state index in [0.29, 0.717) is 80.3 Å². The maximum atomic E-state index is 15.0. The SMILES string of the molecule is CN[C@@H](C)C(=O)N[C@H](C(=O)N1Cc2ccc(NC(=O)CCCNC(=O)[C@]3(C)CN(C(=O)CN4C[C@@H](C)NC[C@@H]4CN4CCOC[C@H]4C)c4cc(Cc5ccc(F)cc5)ccc43)cc2[C@H]1C(=O)Nc1c(F)cccc1F)C1CCOCC1.Cl.Cl.Cl. The number of nitrogens with one attached hydrogen (secondary N) is 6. The van der Waals surface area contributed by atoms with Crippen molar-refractivity contribution < 1.29 is 51.4 Å². The molecule has 6 amide bonds. The molecule has 18 nitrogen and oxygen atoms in total. The van der Waals surface area contributed by atoms with Crippen molar-refractivity contribution in [3.63, 3.8) is 0 Å². The number of rotatable bonds is 19. The van der Waals surface area contributed by atoms with E-state index in [4.69, 9.17) is 9.47 Å². The molecule has 24 heteroatoms. The van der Waals surface area contributed by atoms with Gasteiger partial charge in [0.2, 0.25) is 29.5 Å². The molecule has 7 atom stereocenters. The molecule has 6 N–H and O–H groups in total. The highest BCUT2D eigenvalue weighted by molar-refractivity contribution is 6.03. The van der Waals surface area contributed by atoms with Crippen molar-refractivity contribution in [2.24, 2.45) is 5.92 Å². The zero-order valence-electron chi connectivity index (χ0n) is 48.0. The molecule has 0 aliphatic carbocycles. The van der Waals surface area contributed by atoms with Crippen LogP contribution in [0.25, 0.3) is 0 Å². The molecule has 3 fully saturated rings. The summed E-state index contributed by atoms with van der Waals surface area (Å²) in [6.07, 6.45) is 1.63. The Hall–Kier alpha value is -5.88. The number of fused-ring (bicyclic) bond motifs is 2. The molecule has 9 rings (SSSR count). The summed E-state index contributed by atoms with van der Waals surface area (Å²) < 4.78 is 55.1. The topological polar surface area (TPSA) is 206 Å². The van der Waals surface area contributed by atoms with E-state index in [9.17, 15) is 41.9 Å². The van der Waals surface area contributed by atoms with Gasteiger partial charge in [-0.25, -0.2) is 13.2 Å². The Kier molecular flexibility index (Phi) is 24.0. The van der Waals surface area contributed by atoms with Gasteiger partial charge in [0.1, 0.15) is 35.2 Å². The summed E-state index contributed by atoms with van der Waals surface area (Å²) in [7, 11) is 1.62. The largest absolute Gasteiger partial charge is 0.381 e. The molecule has 84 heavy (non-hydrogen) atoms. The normalized spacial score (nSPS) is 22.2. The fourth-order valence-electron chi connectivity index (χ4n) is 11.8. The number of carbonyl (C=O) groups excluding carboxylic acids is 6. The van der Waals surface area contributed by atoms with Crippen LogP contribution in [0, 0.1) is 23.4 Å². The van der Waals surface area contributed by atoms with Gasteiger partial charge in [-0.15, -0.1) is 37.2 Å². The van der Waals surface area contributed by atoms with E-state index < -0.39 is 64.5 Å². The second-order valence-corrected chi connectivity index (χ2v) is 22.5.